The minimum Gasteiger partial charge on any atom is -0.506 e. The molecule has 45 heavy (non-hydrogen) atoms. The van der Waals surface area contributed by atoms with Crippen molar-refractivity contribution in [3.05, 3.63) is 70.0 Å². The first-order chi connectivity index (χ1) is 21.3. The van der Waals surface area contributed by atoms with Crippen LogP contribution in [0.5, 0.6) is 5.75 Å². The third-order valence-electron chi connectivity index (χ3n) is 6.68. The van der Waals surface area contributed by atoms with E-state index in [2.05, 4.69) is 54.9 Å². The van der Waals surface area contributed by atoms with E-state index in [0.717, 1.165) is 51.3 Å². The molecule has 11 N–H and O–H groups in total. The van der Waals surface area contributed by atoms with E-state index < -0.39 is 22.0 Å². The number of unbranched alkanes of at least 4 members (excludes halogenated alkanes) is 2. The molecule has 16 heteroatoms. The summed E-state index contributed by atoms with van der Waals surface area (Å²) in [7, 11) is -3.55. The fourth-order valence-corrected chi connectivity index (χ4v) is 5.03. The van der Waals surface area contributed by atoms with Gasteiger partial charge in [-0.05, 0) is 73.9 Å². The van der Waals surface area contributed by atoms with Crippen molar-refractivity contribution in [2.45, 2.75) is 44.6 Å². The molecule has 0 saturated carbocycles. The zero-order valence-electron chi connectivity index (χ0n) is 24.9. The molecular weight excluding hydrogens is 622 g/mol. The topological polar surface area (TPSA) is 241 Å². The molecule has 0 unspecified atom stereocenters. The van der Waals surface area contributed by atoms with Crippen LogP contribution >= 0.6 is 11.6 Å². The van der Waals surface area contributed by atoms with E-state index >= 15 is 0 Å². The molecule has 0 bridgehead atoms. The Morgan fingerprint density at radius 1 is 0.978 bits per heavy atom. The molecule has 14 nitrogen and oxygen atoms in total. The highest BCUT2D eigenvalue weighted by molar-refractivity contribution is 7.92. The molecule has 0 aliphatic rings. The van der Waals surface area contributed by atoms with Gasteiger partial charge in [0, 0.05) is 13.1 Å². The average Bonchev–Trinajstić information content (AvgIpc) is 2.97. The maximum Gasteiger partial charge on any atom is 0.280 e. The van der Waals surface area contributed by atoms with Crippen molar-refractivity contribution in [1.82, 2.24) is 25.9 Å². The van der Waals surface area contributed by atoms with Gasteiger partial charge in [0.2, 0.25) is 10.0 Å². The van der Waals surface area contributed by atoms with Crippen LogP contribution in [0.15, 0.2) is 42.5 Å². The van der Waals surface area contributed by atoms with Crippen LogP contribution in [0.3, 0.4) is 0 Å². The van der Waals surface area contributed by atoms with Crippen LogP contribution in [0.25, 0.3) is 0 Å². The van der Waals surface area contributed by atoms with E-state index in [1.165, 1.54) is 23.3 Å². The summed E-state index contributed by atoms with van der Waals surface area (Å²) in [5.74, 6) is -1.35. The number of hydrogen-bond acceptors (Lipinski definition) is 11. The highest BCUT2D eigenvalue weighted by Crippen LogP contribution is 2.27. The van der Waals surface area contributed by atoms with Crippen molar-refractivity contribution in [1.29, 1.82) is 5.41 Å². The summed E-state index contributed by atoms with van der Waals surface area (Å²) in [5, 5.41) is 36.5. The normalized spacial score (nSPS) is 12.0. The largest absolute Gasteiger partial charge is 0.506 e. The smallest absolute Gasteiger partial charge is 0.280 e. The Balaban J connectivity index is 1.26. The zero-order chi connectivity index (χ0) is 33.0. The number of guanidine groups is 1. The van der Waals surface area contributed by atoms with Crippen molar-refractivity contribution in [2.24, 2.45) is 0 Å². The molecule has 0 radical (unpaired) electrons. The van der Waals surface area contributed by atoms with Gasteiger partial charge in [-0.1, -0.05) is 41.9 Å². The molecule has 0 saturated heterocycles. The fourth-order valence-electron chi connectivity index (χ4n) is 4.34. The number of aryl methyl sites for hydroxylation is 2. The molecule has 0 fully saturated rings. The molecule has 1 amide bonds. The van der Waals surface area contributed by atoms with E-state index in [0.29, 0.717) is 18.7 Å². The maximum atomic E-state index is 12.3. The Morgan fingerprint density at radius 3 is 2.22 bits per heavy atom. The molecule has 1 aromatic heterocycles. The molecule has 244 valence electrons. The third kappa shape index (κ3) is 12.0. The highest BCUT2D eigenvalue weighted by Gasteiger charge is 2.17. The molecule has 1 heterocycles. The van der Waals surface area contributed by atoms with Crippen LogP contribution in [0.2, 0.25) is 5.15 Å². The number of carbonyl (C=O) groups excluding carboxylic acids is 1. The van der Waals surface area contributed by atoms with Crippen molar-refractivity contribution >= 4 is 50.8 Å². The number of aromatic hydroxyl groups is 1. The summed E-state index contributed by atoms with van der Waals surface area (Å²) in [6.45, 7) is 1.52. The lowest BCUT2D eigenvalue weighted by molar-refractivity contribution is 0.0971. The average molecular weight is 662 g/mol. The van der Waals surface area contributed by atoms with Crippen molar-refractivity contribution in [3.8, 4) is 5.75 Å². The van der Waals surface area contributed by atoms with E-state index in [9.17, 15) is 23.4 Å². The second-order valence-electron chi connectivity index (χ2n) is 10.5. The lowest BCUT2D eigenvalue weighted by Crippen LogP contribution is -2.41. The summed E-state index contributed by atoms with van der Waals surface area (Å²) in [6, 6.07) is 12.8. The number of carbonyl (C=O) groups is 1. The van der Waals surface area contributed by atoms with Crippen LogP contribution in [0.1, 0.15) is 59.0 Å². The minimum absolute atomic E-state index is 0.0293. The van der Waals surface area contributed by atoms with Crippen LogP contribution < -0.4 is 32.1 Å². The summed E-state index contributed by atoms with van der Waals surface area (Å²) in [5.41, 5.74) is 14.0. The summed E-state index contributed by atoms with van der Waals surface area (Å²) in [6.07, 6.45) is 5.55. The zero-order valence-corrected chi connectivity index (χ0v) is 26.5. The summed E-state index contributed by atoms with van der Waals surface area (Å²) < 4.78 is 25.2. The molecule has 3 aromatic rings. The van der Waals surface area contributed by atoms with Crippen LogP contribution in [0, 0.1) is 5.41 Å². The predicted molar refractivity (Wildman–Crippen MR) is 176 cm³/mol. The summed E-state index contributed by atoms with van der Waals surface area (Å²) in [4.78, 5) is 19.8. The number of aromatic nitrogens is 2. The van der Waals surface area contributed by atoms with Gasteiger partial charge in [0.25, 0.3) is 5.91 Å². The molecule has 1 atom stereocenters. The fraction of sp³-hybridized carbons (Fsp3) is 0.379. The number of hydrogen-bond donors (Lipinski definition) is 9. The highest BCUT2D eigenvalue weighted by atomic mass is 35.5. The number of nitrogen functional groups attached to an aromatic ring is 2. The molecule has 3 rings (SSSR count). The van der Waals surface area contributed by atoms with E-state index in [1.807, 2.05) is 0 Å². The second-order valence-corrected chi connectivity index (χ2v) is 12.6. The number of amides is 1. The number of sulfonamides is 1. The van der Waals surface area contributed by atoms with Gasteiger partial charge in [-0.15, -0.1) is 0 Å². The Hall–Kier alpha value is -4.18. The number of aliphatic hydroxyl groups excluding tert-OH is 1. The Bertz CT molecular complexity index is 1570. The van der Waals surface area contributed by atoms with Crippen molar-refractivity contribution in [2.75, 3.05) is 42.1 Å². The maximum absolute atomic E-state index is 12.3. The molecule has 0 aliphatic carbocycles. The Morgan fingerprint density at radius 2 is 1.60 bits per heavy atom. The van der Waals surface area contributed by atoms with Crippen LogP contribution in [-0.4, -0.2) is 66.4 Å². The van der Waals surface area contributed by atoms with Gasteiger partial charge in [0.15, 0.2) is 28.4 Å². The van der Waals surface area contributed by atoms with Crippen LogP contribution in [-0.2, 0) is 22.9 Å². The first-order valence-electron chi connectivity index (χ1n) is 14.3. The number of rotatable bonds is 16. The monoisotopic (exact) mass is 661 g/mol. The molecule has 2 aromatic carbocycles. The lowest BCUT2D eigenvalue weighted by Gasteiger charge is -2.15. The first kappa shape index (κ1) is 35.3. The number of nitrogens with two attached hydrogens (primary N) is 2. The number of aliphatic hydroxyl groups is 1. The van der Waals surface area contributed by atoms with E-state index in [-0.39, 0.29) is 39.9 Å². The minimum atomic E-state index is -3.55. The molecular formula is C29H40ClN9O5S. The number of nitrogens with zero attached hydrogens (tertiary/aromatic N) is 2. The van der Waals surface area contributed by atoms with Gasteiger partial charge in [0.05, 0.1) is 18.0 Å². The summed E-state index contributed by atoms with van der Waals surface area (Å²) >= 11 is 5.80. The molecule has 0 aliphatic heterocycles. The van der Waals surface area contributed by atoms with Gasteiger partial charge >= 0.3 is 0 Å². The van der Waals surface area contributed by atoms with Gasteiger partial charge in [-0.2, -0.15) is 0 Å². The van der Waals surface area contributed by atoms with E-state index in [1.54, 1.807) is 6.07 Å². The Kier molecular flexibility index (Phi) is 13.2. The van der Waals surface area contributed by atoms with Gasteiger partial charge in [-0.25, -0.2) is 18.4 Å². The van der Waals surface area contributed by atoms with Gasteiger partial charge in [0.1, 0.15) is 5.75 Å². The number of anilines is 3. The molecule has 0 spiro atoms. The van der Waals surface area contributed by atoms with E-state index in [4.69, 9.17) is 28.5 Å². The quantitative estimate of drug-likeness (QED) is 0.0467. The number of nitrogens with one attached hydrogen (secondary N) is 5. The van der Waals surface area contributed by atoms with Crippen molar-refractivity contribution < 1.29 is 23.4 Å². The van der Waals surface area contributed by atoms with Gasteiger partial charge < -0.3 is 32.3 Å². The number of phenolic OH excluding ortho intramolecular Hbond substituents is 1. The standard InChI is InChI=1S/C29H40ClN9O5S/c1-45(43,44)39-21-16-20(12-13-22(21)40)23(41)17-34-14-4-2-6-18-8-10-19(11-9-18)7-3-5-15-35-29(33)38-28(42)24-26(31)37-27(32)25(30)36-24/h8-13,16,23,34,39-41H,2-7,14-15,17H2,1H3,(H4,31,32,37)(H3,33,35,38,42)/t23-/m0/s1. The van der Waals surface area contributed by atoms with Crippen molar-refractivity contribution in [3.63, 3.8) is 0 Å². The predicted octanol–water partition coefficient (Wildman–Crippen LogP) is 2.29. The SMILES string of the molecule is CS(=O)(=O)Nc1cc([C@@H](O)CNCCCCc2ccc(CCCCNC(=N)NC(=O)c3nc(Cl)c(N)nc3N)cc2)ccc1O. The first-order valence-corrected chi connectivity index (χ1v) is 16.6. The number of benzene rings is 2. The number of halogens is 1. The van der Waals surface area contributed by atoms with Gasteiger partial charge in [-0.3, -0.25) is 20.2 Å². The Labute approximate surface area is 267 Å². The number of phenols is 1. The third-order valence-corrected chi connectivity index (χ3v) is 7.55. The lowest BCUT2D eigenvalue weighted by atomic mass is 10.0. The second kappa shape index (κ2) is 16.8. The van der Waals surface area contributed by atoms with Crippen LogP contribution in [0.4, 0.5) is 17.3 Å².